The van der Waals surface area contributed by atoms with Crippen LogP contribution < -0.4 is 9.04 Å². The van der Waals surface area contributed by atoms with E-state index in [1.165, 1.54) is 17.4 Å². The molecule has 1 atom stereocenters. The molecule has 4 rings (SSSR count). The van der Waals surface area contributed by atoms with Gasteiger partial charge in [0, 0.05) is 13.1 Å². The van der Waals surface area contributed by atoms with Crippen LogP contribution in [0.2, 0.25) is 0 Å². The Hall–Kier alpha value is -2.50. The number of hydrogen-bond donors (Lipinski definition) is 0. The smallest absolute Gasteiger partial charge is 0.264 e. The standard InChI is InChI=1S/C20H16ClNO3S/c1-22-18-10-6-5-9-16(18)20(21)17-12-11-15(13-19(17)26(22,23)24)25-14-7-3-2-4-8-14/h2-13,20H,1H3. The molecule has 1 unspecified atom stereocenters. The van der Waals surface area contributed by atoms with Crippen molar-refractivity contribution in [3.05, 3.63) is 83.9 Å². The summed E-state index contributed by atoms with van der Waals surface area (Å²) in [5.74, 6) is 1.08. The molecule has 4 nitrogen and oxygen atoms in total. The lowest BCUT2D eigenvalue weighted by molar-refractivity contribution is 0.480. The molecule has 132 valence electrons. The summed E-state index contributed by atoms with van der Waals surface area (Å²) >= 11 is 6.66. The zero-order valence-corrected chi connectivity index (χ0v) is 15.5. The highest BCUT2D eigenvalue weighted by atomic mass is 35.5. The molecule has 26 heavy (non-hydrogen) atoms. The van der Waals surface area contributed by atoms with Gasteiger partial charge in [0.2, 0.25) is 0 Å². The van der Waals surface area contributed by atoms with E-state index >= 15 is 0 Å². The average molecular weight is 386 g/mol. The largest absolute Gasteiger partial charge is 0.457 e. The van der Waals surface area contributed by atoms with Crippen LogP contribution in [0, 0.1) is 0 Å². The molecule has 3 aromatic carbocycles. The summed E-state index contributed by atoms with van der Waals surface area (Å²) in [6.07, 6.45) is 0. The minimum Gasteiger partial charge on any atom is -0.457 e. The van der Waals surface area contributed by atoms with Crippen molar-refractivity contribution in [1.29, 1.82) is 0 Å². The molecule has 0 aromatic heterocycles. The second-order valence-corrected chi connectivity index (χ2v) is 8.38. The molecule has 1 aliphatic heterocycles. The fraction of sp³-hybridized carbons (Fsp3) is 0.100. The topological polar surface area (TPSA) is 46.6 Å². The second kappa shape index (κ2) is 6.34. The Kier molecular flexibility index (Phi) is 4.13. The normalized spacial score (nSPS) is 17.8. The lowest BCUT2D eigenvalue weighted by Crippen LogP contribution is -2.26. The predicted octanol–water partition coefficient (Wildman–Crippen LogP) is 4.95. The maximum Gasteiger partial charge on any atom is 0.264 e. The van der Waals surface area contributed by atoms with Gasteiger partial charge < -0.3 is 4.74 Å². The number of sulfonamides is 1. The molecule has 0 aliphatic carbocycles. The number of anilines is 1. The number of rotatable bonds is 2. The van der Waals surface area contributed by atoms with E-state index in [0.717, 1.165) is 5.56 Å². The van der Waals surface area contributed by atoms with Gasteiger partial charge in [-0.1, -0.05) is 42.5 Å². The third-order valence-corrected chi connectivity index (χ3v) is 6.72. The van der Waals surface area contributed by atoms with Crippen LogP contribution in [0.4, 0.5) is 5.69 Å². The second-order valence-electron chi connectivity index (χ2n) is 6.01. The maximum absolute atomic E-state index is 13.1. The SMILES string of the molecule is CN1c2ccccc2C(Cl)c2ccc(Oc3ccccc3)cc2S1(=O)=O. The summed E-state index contributed by atoms with van der Waals surface area (Å²) in [4.78, 5) is 0.157. The number of benzene rings is 3. The van der Waals surface area contributed by atoms with Crippen LogP contribution in [0.5, 0.6) is 11.5 Å². The van der Waals surface area contributed by atoms with Crippen molar-refractivity contribution in [1.82, 2.24) is 0 Å². The molecule has 1 aliphatic rings. The van der Waals surface area contributed by atoms with Gasteiger partial charge >= 0.3 is 0 Å². The van der Waals surface area contributed by atoms with Gasteiger partial charge in [0.05, 0.1) is 16.0 Å². The number of ether oxygens (including phenoxy) is 1. The number of para-hydroxylation sites is 2. The highest BCUT2D eigenvalue weighted by Gasteiger charge is 2.34. The Labute approximate surface area is 157 Å². The highest BCUT2D eigenvalue weighted by Crippen LogP contribution is 2.44. The van der Waals surface area contributed by atoms with Gasteiger partial charge in [-0.25, -0.2) is 8.42 Å². The summed E-state index contributed by atoms with van der Waals surface area (Å²) in [5, 5.41) is -0.563. The zero-order chi connectivity index (χ0) is 18.3. The first-order chi connectivity index (χ1) is 12.5. The van der Waals surface area contributed by atoms with Crippen molar-refractivity contribution >= 4 is 27.3 Å². The molecule has 0 N–H and O–H groups in total. The van der Waals surface area contributed by atoms with Crippen LogP contribution in [0.3, 0.4) is 0 Å². The number of nitrogens with zero attached hydrogens (tertiary/aromatic N) is 1. The van der Waals surface area contributed by atoms with Crippen molar-refractivity contribution in [2.45, 2.75) is 10.3 Å². The minimum absolute atomic E-state index is 0.157. The van der Waals surface area contributed by atoms with Crippen molar-refractivity contribution in [2.24, 2.45) is 0 Å². The molecule has 0 amide bonds. The van der Waals surface area contributed by atoms with E-state index in [-0.39, 0.29) is 4.90 Å². The summed E-state index contributed by atoms with van der Waals surface area (Å²) in [7, 11) is -2.21. The zero-order valence-electron chi connectivity index (χ0n) is 14.0. The van der Waals surface area contributed by atoms with E-state index in [1.807, 2.05) is 42.5 Å². The summed E-state index contributed by atoms with van der Waals surface area (Å²) in [6, 6.07) is 21.5. The summed E-state index contributed by atoms with van der Waals surface area (Å²) in [6.45, 7) is 0. The van der Waals surface area contributed by atoms with Gasteiger partial charge in [-0.05, 0) is 35.4 Å². The number of alkyl halides is 1. The van der Waals surface area contributed by atoms with Gasteiger partial charge in [-0.15, -0.1) is 11.6 Å². The van der Waals surface area contributed by atoms with Crippen molar-refractivity contribution < 1.29 is 13.2 Å². The summed E-state index contributed by atoms with van der Waals surface area (Å²) in [5.41, 5.74) is 1.88. The fourth-order valence-corrected chi connectivity index (χ4v) is 4.98. The number of halogens is 1. The minimum atomic E-state index is -3.75. The van der Waals surface area contributed by atoms with Crippen LogP contribution in [0.25, 0.3) is 0 Å². The molecule has 0 fully saturated rings. The van der Waals surface area contributed by atoms with Crippen LogP contribution in [0.1, 0.15) is 16.5 Å². The van der Waals surface area contributed by atoms with E-state index in [4.69, 9.17) is 16.3 Å². The van der Waals surface area contributed by atoms with Crippen molar-refractivity contribution in [3.8, 4) is 11.5 Å². The molecule has 0 bridgehead atoms. The van der Waals surface area contributed by atoms with Crippen molar-refractivity contribution in [3.63, 3.8) is 0 Å². The Morgan fingerprint density at radius 3 is 2.35 bits per heavy atom. The summed E-state index contributed by atoms with van der Waals surface area (Å²) < 4.78 is 33.4. The van der Waals surface area contributed by atoms with Gasteiger partial charge in [-0.3, -0.25) is 4.31 Å². The molecule has 6 heteroatoms. The molecule has 0 radical (unpaired) electrons. The van der Waals surface area contributed by atoms with Crippen molar-refractivity contribution in [2.75, 3.05) is 11.4 Å². The van der Waals surface area contributed by atoms with Gasteiger partial charge in [0.1, 0.15) is 11.5 Å². The Bertz CT molecular complexity index is 1070. The van der Waals surface area contributed by atoms with Crippen LogP contribution >= 0.6 is 11.6 Å². The lowest BCUT2D eigenvalue weighted by atomic mass is 10.0. The third kappa shape index (κ3) is 2.73. The van der Waals surface area contributed by atoms with E-state index in [1.54, 1.807) is 24.3 Å². The third-order valence-electron chi connectivity index (χ3n) is 4.42. The first kappa shape index (κ1) is 16.9. The maximum atomic E-state index is 13.1. The molecular weight excluding hydrogens is 370 g/mol. The Morgan fingerprint density at radius 2 is 1.58 bits per heavy atom. The van der Waals surface area contributed by atoms with E-state index in [9.17, 15) is 8.42 Å². The lowest BCUT2D eigenvalue weighted by Gasteiger charge is -2.19. The fourth-order valence-electron chi connectivity index (χ4n) is 3.07. The van der Waals surface area contributed by atoms with Crippen LogP contribution in [0.15, 0.2) is 77.7 Å². The number of fused-ring (bicyclic) bond motifs is 2. The average Bonchev–Trinajstić information content (AvgIpc) is 2.72. The van der Waals surface area contributed by atoms with Gasteiger partial charge in [0.25, 0.3) is 10.0 Å². The van der Waals surface area contributed by atoms with E-state index < -0.39 is 15.4 Å². The molecule has 1 heterocycles. The Morgan fingerprint density at radius 1 is 0.885 bits per heavy atom. The first-order valence-electron chi connectivity index (χ1n) is 8.07. The van der Waals surface area contributed by atoms with E-state index in [0.29, 0.717) is 22.7 Å². The molecule has 0 spiro atoms. The van der Waals surface area contributed by atoms with E-state index in [2.05, 4.69) is 0 Å². The first-order valence-corrected chi connectivity index (χ1v) is 9.95. The highest BCUT2D eigenvalue weighted by molar-refractivity contribution is 7.92. The number of hydrogen-bond acceptors (Lipinski definition) is 3. The molecule has 3 aromatic rings. The Balaban J connectivity index is 1.86. The van der Waals surface area contributed by atoms with Crippen LogP contribution in [-0.4, -0.2) is 15.5 Å². The molecular formula is C20H16ClNO3S. The monoisotopic (exact) mass is 385 g/mol. The quantitative estimate of drug-likeness (QED) is 0.586. The molecule has 0 saturated heterocycles. The van der Waals surface area contributed by atoms with Gasteiger partial charge in [-0.2, -0.15) is 0 Å². The van der Waals surface area contributed by atoms with Crippen LogP contribution in [-0.2, 0) is 10.0 Å². The predicted molar refractivity (Wildman–Crippen MR) is 103 cm³/mol. The molecule has 0 saturated carbocycles. The van der Waals surface area contributed by atoms with Gasteiger partial charge in [0.15, 0.2) is 0 Å².